The van der Waals surface area contributed by atoms with Gasteiger partial charge in [0.05, 0.1) is 16.9 Å². The Bertz CT molecular complexity index is 871. The van der Waals surface area contributed by atoms with E-state index in [0.717, 1.165) is 17.9 Å². The highest BCUT2D eigenvalue weighted by Gasteiger charge is 2.32. The second-order valence-corrected chi connectivity index (χ2v) is 7.03. The van der Waals surface area contributed by atoms with Gasteiger partial charge in [0.1, 0.15) is 5.82 Å². The smallest absolute Gasteiger partial charge is 0.258 e. The normalized spacial score (nSPS) is 20.1. The summed E-state index contributed by atoms with van der Waals surface area (Å²) in [5, 5.41) is 2.78. The lowest BCUT2D eigenvalue weighted by atomic mass is 10.1. The van der Waals surface area contributed by atoms with Crippen LogP contribution in [0.5, 0.6) is 0 Å². The van der Waals surface area contributed by atoms with Gasteiger partial charge in [-0.2, -0.15) is 0 Å². The van der Waals surface area contributed by atoms with Gasteiger partial charge in [-0.1, -0.05) is 18.2 Å². The zero-order valence-electron chi connectivity index (χ0n) is 13.0. The summed E-state index contributed by atoms with van der Waals surface area (Å²) in [7, 11) is 0. The summed E-state index contributed by atoms with van der Waals surface area (Å²) in [5.74, 6) is 0.761. The van der Waals surface area contributed by atoms with Gasteiger partial charge in [0.2, 0.25) is 0 Å². The second-order valence-electron chi connectivity index (χ2n) is 6.06. The highest BCUT2D eigenvalue weighted by molar-refractivity contribution is 7.10. The Kier molecular flexibility index (Phi) is 3.75. The van der Waals surface area contributed by atoms with E-state index in [0.29, 0.717) is 11.4 Å². The van der Waals surface area contributed by atoms with Gasteiger partial charge < -0.3 is 4.98 Å². The maximum absolute atomic E-state index is 12.3. The molecule has 118 valence electrons. The van der Waals surface area contributed by atoms with Crippen molar-refractivity contribution in [3.8, 4) is 0 Å². The number of para-hydroxylation sites is 1. The first kappa shape index (κ1) is 14.6. The van der Waals surface area contributed by atoms with Crippen molar-refractivity contribution >= 4 is 22.2 Å². The van der Waals surface area contributed by atoms with E-state index in [2.05, 4.69) is 34.3 Å². The molecule has 2 unspecified atom stereocenters. The fourth-order valence-corrected chi connectivity index (χ4v) is 4.38. The summed E-state index contributed by atoms with van der Waals surface area (Å²) in [6.45, 7) is 3.18. The van der Waals surface area contributed by atoms with Crippen molar-refractivity contribution < 1.29 is 0 Å². The lowest BCUT2D eigenvalue weighted by molar-refractivity contribution is 0.189. The first-order valence-electron chi connectivity index (χ1n) is 8.02. The molecule has 23 heavy (non-hydrogen) atoms. The van der Waals surface area contributed by atoms with E-state index in [4.69, 9.17) is 4.98 Å². The molecule has 1 fully saturated rings. The molecule has 0 saturated carbocycles. The minimum atomic E-state index is -0.0516. The van der Waals surface area contributed by atoms with Gasteiger partial charge in [-0.3, -0.25) is 9.69 Å². The number of aromatic nitrogens is 2. The Morgan fingerprint density at radius 2 is 2.17 bits per heavy atom. The summed E-state index contributed by atoms with van der Waals surface area (Å²) in [6, 6.07) is 12.4. The van der Waals surface area contributed by atoms with Crippen molar-refractivity contribution in [2.75, 3.05) is 6.54 Å². The molecule has 3 aromatic rings. The number of nitrogens with one attached hydrogen (secondary N) is 1. The zero-order chi connectivity index (χ0) is 15.8. The molecule has 0 aliphatic carbocycles. The predicted molar refractivity (Wildman–Crippen MR) is 93.8 cm³/mol. The van der Waals surface area contributed by atoms with Gasteiger partial charge in [-0.25, -0.2) is 4.98 Å². The molecular formula is C18H19N3OS. The van der Waals surface area contributed by atoms with Crippen LogP contribution in [0, 0.1) is 0 Å². The largest absolute Gasteiger partial charge is 0.309 e. The van der Waals surface area contributed by atoms with Crippen LogP contribution in [0.2, 0.25) is 0 Å². The van der Waals surface area contributed by atoms with E-state index in [1.165, 1.54) is 17.7 Å². The third-order valence-electron chi connectivity index (χ3n) is 4.69. The Morgan fingerprint density at radius 1 is 1.30 bits per heavy atom. The Labute approximate surface area is 138 Å². The van der Waals surface area contributed by atoms with Crippen LogP contribution in [0.15, 0.2) is 46.6 Å². The Hall–Kier alpha value is -1.98. The summed E-state index contributed by atoms with van der Waals surface area (Å²) in [4.78, 5) is 23.9. The van der Waals surface area contributed by atoms with Crippen LogP contribution in [0.1, 0.15) is 42.6 Å². The topological polar surface area (TPSA) is 49.0 Å². The molecule has 1 saturated heterocycles. The average Bonchev–Trinajstić information content (AvgIpc) is 3.25. The first-order valence-corrected chi connectivity index (χ1v) is 8.90. The van der Waals surface area contributed by atoms with E-state index in [1.54, 1.807) is 0 Å². The van der Waals surface area contributed by atoms with Crippen molar-refractivity contribution in [1.82, 2.24) is 14.9 Å². The van der Waals surface area contributed by atoms with Crippen molar-refractivity contribution in [3.05, 3.63) is 62.8 Å². The molecule has 2 aromatic heterocycles. The molecule has 3 heterocycles. The minimum Gasteiger partial charge on any atom is -0.309 e. The number of benzene rings is 1. The van der Waals surface area contributed by atoms with Crippen LogP contribution in [0.4, 0.5) is 0 Å². The van der Waals surface area contributed by atoms with Crippen molar-refractivity contribution in [2.45, 2.75) is 31.8 Å². The number of H-pyrrole nitrogens is 1. The molecular weight excluding hydrogens is 306 g/mol. The summed E-state index contributed by atoms with van der Waals surface area (Å²) in [5.41, 5.74) is 0.717. The van der Waals surface area contributed by atoms with Gasteiger partial charge in [-0.15, -0.1) is 11.3 Å². The minimum absolute atomic E-state index is 0.0516. The fourth-order valence-electron chi connectivity index (χ4n) is 3.50. The van der Waals surface area contributed by atoms with Gasteiger partial charge in [-0.05, 0) is 49.9 Å². The van der Waals surface area contributed by atoms with E-state index in [9.17, 15) is 4.79 Å². The maximum Gasteiger partial charge on any atom is 0.258 e. The highest BCUT2D eigenvalue weighted by Crippen LogP contribution is 2.39. The van der Waals surface area contributed by atoms with Gasteiger partial charge in [0.25, 0.3) is 5.56 Å². The monoisotopic (exact) mass is 325 g/mol. The van der Waals surface area contributed by atoms with Gasteiger partial charge in [0.15, 0.2) is 0 Å². The quantitative estimate of drug-likeness (QED) is 0.795. The molecule has 4 rings (SSSR count). The number of hydrogen-bond donors (Lipinski definition) is 1. The average molecular weight is 325 g/mol. The molecule has 4 nitrogen and oxygen atoms in total. The first-order chi connectivity index (χ1) is 11.2. The van der Waals surface area contributed by atoms with Crippen molar-refractivity contribution in [3.63, 3.8) is 0 Å². The number of fused-ring (bicyclic) bond motifs is 1. The number of rotatable bonds is 3. The van der Waals surface area contributed by atoms with E-state index < -0.39 is 0 Å². The number of hydrogen-bond acceptors (Lipinski definition) is 4. The summed E-state index contributed by atoms with van der Waals surface area (Å²) < 4.78 is 0. The third kappa shape index (κ3) is 2.60. The number of aromatic amines is 1. The lowest BCUT2D eigenvalue weighted by Gasteiger charge is -2.29. The van der Waals surface area contributed by atoms with E-state index in [-0.39, 0.29) is 11.6 Å². The maximum atomic E-state index is 12.3. The van der Waals surface area contributed by atoms with Crippen LogP contribution in [-0.4, -0.2) is 21.4 Å². The van der Waals surface area contributed by atoms with E-state index >= 15 is 0 Å². The standard InChI is InChI=1S/C18H19N3OS/c1-12(21-10-4-8-15(21)16-9-5-11-23-16)17-19-14-7-3-2-6-13(14)18(22)20-17/h2-3,5-7,9,11-12,15H,4,8,10H2,1H3,(H,19,20,22). The zero-order valence-corrected chi connectivity index (χ0v) is 13.8. The Balaban J connectivity index is 1.71. The molecule has 5 heteroatoms. The molecule has 2 atom stereocenters. The lowest BCUT2D eigenvalue weighted by Crippen LogP contribution is -2.29. The molecule has 0 spiro atoms. The van der Waals surface area contributed by atoms with E-state index in [1.807, 2.05) is 35.6 Å². The van der Waals surface area contributed by atoms with Crippen LogP contribution in [0.25, 0.3) is 10.9 Å². The molecule has 0 bridgehead atoms. The van der Waals surface area contributed by atoms with Crippen molar-refractivity contribution in [1.29, 1.82) is 0 Å². The van der Waals surface area contributed by atoms with Gasteiger partial charge in [0, 0.05) is 10.9 Å². The molecule has 1 aromatic carbocycles. The van der Waals surface area contributed by atoms with Gasteiger partial charge >= 0.3 is 0 Å². The van der Waals surface area contributed by atoms with Crippen LogP contribution in [-0.2, 0) is 0 Å². The number of likely N-dealkylation sites (tertiary alicyclic amines) is 1. The molecule has 1 aliphatic rings. The van der Waals surface area contributed by atoms with Crippen molar-refractivity contribution in [2.24, 2.45) is 0 Å². The highest BCUT2D eigenvalue weighted by atomic mass is 32.1. The number of nitrogens with zero attached hydrogens (tertiary/aromatic N) is 2. The second kappa shape index (κ2) is 5.91. The molecule has 0 amide bonds. The van der Waals surface area contributed by atoms with Crippen LogP contribution in [0.3, 0.4) is 0 Å². The molecule has 1 N–H and O–H groups in total. The van der Waals surface area contributed by atoms with Crippen LogP contribution < -0.4 is 5.56 Å². The summed E-state index contributed by atoms with van der Waals surface area (Å²) >= 11 is 1.81. The number of thiophene rings is 1. The Morgan fingerprint density at radius 3 is 3.00 bits per heavy atom. The van der Waals surface area contributed by atoms with Crippen LogP contribution >= 0.6 is 11.3 Å². The molecule has 1 aliphatic heterocycles. The SMILES string of the molecule is CC(c1nc2ccccc2c(=O)[nH]1)N1CCCC1c1cccs1. The summed E-state index contributed by atoms with van der Waals surface area (Å²) in [6.07, 6.45) is 2.35. The predicted octanol–water partition coefficient (Wildman–Crippen LogP) is 3.88. The molecule has 0 radical (unpaired) electrons. The fraction of sp³-hybridized carbons (Fsp3) is 0.333. The third-order valence-corrected chi connectivity index (χ3v) is 5.66.